The first-order valence-electron chi connectivity index (χ1n) is 11.2. The van der Waals surface area contributed by atoms with Gasteiger partial charge in [-0.1, -0.05) is 0 Å². The molecule has 0 spiro atoms. The SMILES string of the molecule is CCCC/C(=C\O[Si](C)(C)C)[CH2][Sn]([CH2]CCC)([CH2]CCC)[CH2]CCC. The number of hydrogen-bond acceptors (Lipinski definition) is 1. The Morgan fingerprint density at radius 3 is 1.56 bits per heavy atom. The van der Waals surface area contributed by atoms with E-state index in [1.165, 1.54) is 62.2 Å². The van der Waals surface area contributed by atoms with E-state index >= 15 is 0 Å². The van der Waals surface area contributed by atoms with E-state index in [0.29, 0.717) is 0 Å². The Labute approximate surface area is 165 Å². The summed E-state index contributed by atoms with van der Waals surface area (Å²) in [4.78, 5) is 0. The van der Waals surface area contributed by atoms with Crippen molar-refractivity contribution in [1.29, 1.82) is 0 Å². The standard InChI is InChI=1S/C10H21OSi.3C4H9.Sn/c1-6-7-8-10(2)9-11-12(3,4)5;3*1-3-4-2;/h9H,2,6-8H2,1,3-5H3;3*1,3-4H2,2H3;/b10-9-;;;;. The Hall–Kier alpha value is 0.556. The van der Waals surface area contributed by atoms with E-state index in [-0.39, 0.29) is 0 Å². The summed E-state index contributed by atoms with van der Waals surface area (Å²) < 4.78 is 12.6. The molecule has 150 valence electrons. The molecule has 0 aromatic rings. The van der Waals surface area contributed by atoms with E-state index in [1.54, 1.807) is 18.9 Å². The molecule has 0 heterocycles. The van der Waals surface area contributed by atoms with Gasteiger partial charge in [-0.2, -0.15) is 0 Å². The van der Waals surface area contributed by atoms with Gasteiger partial charge in [0.1, 0.15) is 0 Å². The van der Waals surface area contributed by atoms with Crippen molar-refractivity contribution in [1.82, 2.24) is 0 Å². The van der Waals surface area contributed by atoms with Gasteiger partial charge < -0.3 is 0 Å². The Kier molecular flexibility index (Phi) is 14.9. The molecular formula is C22H48OSiSn. The number of unbranched alkanes of at least 4 members (excludes halogenated alkanes) is 4. The zero-order chi connectivity index (χ0) is 19.2. The molecule has 0 saturated carbocycles. The van der Waals surface area contributed by atoms with Gasteiger partial charge in [0.05, 0.1) is 0 Å². The molecule has 0 aromatic heterocycles. The topological polar surface area (TPSA) is 9.23 Å². The van der Waals surface area contributed by atoms with Crippen molar-refractivity contribution < 1.29 is 4.43 Å². The molecule has 0 aliphatic rings. The number of rotatable bonds is 16. The van der Waals surface area contributed by atoms with Crippen LogP contribution in [0, 0.1) is 0 Å². The molecule has 0 N–H and O–H groups in total. The molecule has 0 saturated heterocycles. The van der Waals surface area contributed by atoms with Crippen molar-refractivity contribution in [3.63, 3.8) is 0 Å². The first-order valence-corrected chi connectivity index (χ1v) is 22.7. The summed E-state index contributed by atoms with van der Waals surface area (Å²) in [5, 5.41) is 0. The molecule has 0 fully saturated rings. The molecular weight excluding hydrogens is 427 g/mol. The predicted octanol–water partition coefficient (Wildman–Crippen LogP) is 8.76. The Balaban J connectivity index is 5.34. The van der Waals surface area contributed by atoms with Gasteiger partial charge in [-0.05, 0) is 0 Å². The van der Waals surface area contributed by atoms with Crippen LogP contribution in [0.5, 0.6) is 0 Å². The third-order valence-electron chi connectivity index (χ3n) is 5.21. The van der Waals surface area contributed by atoms with Crippen LogP contribution in [0.3, 0.4) is 0 Å². The summed E-state index contributed by atoms with van der Waals surface area (Å²) in [6.07, 6.45) is 14.7. The summed E-state index contributed by atoms with van der Waals surface area (Å²) in [6.45, 7) is 16.4. The van der Waals surface area contributed by atoms with Crippen molar-refractivity contribution in [2.24, 2.45) is 0 Å². The van der Waals surface area contributed by atoms with Crippen molar-refractivity contribution in [2.75, 3.05) is 0 Å². The number of allylic oxidation sites excluding steroid dienone is 1. The molecule has 3 heteroatoms. The molecule has 25 heavy (non-hydrogen) atoms. The van der Waals surface area contributed by atoms with Gasteiger partial charge in [-0.25, -0.2) is 0 Å². The Morgan fingerprint density at radius 1 is 0.760 bits per heavy atom. The second kappa shape index (κ2) is 14.6. The minimum atomic E-state index is -2.08. The molecule has 0 aromatic carbocycles. The summed E-state index contributed by atoms with van der Waals surface area (Å²) >= 11 is -2.08. The van der Waals surface area contributed by atoms with Crippen LogP contribution >= 0.6 is 0 Å². The molecule has 0 aliphatic carbocycles. The van der Waals surface area contributed by atoms with E-state index in [0.717, 1.165) is 0 Å². The quantitative estimate of drug-likeness (QED) is 0.160. The van der Waals surface area contributed by atoms with Gasteiger partial charge in [-0.15, -0.1) is 0 Å². The van der Waals surface area contributed by atoms with Crippen LogP contribution in [0.15, 0.2) is 11.8 Å². The second-order valence-electron chi connectivity index (χ2n) is 9.10. The first kappa shape index (κ1) is 25.6. The zero-order valence-corrected chi connectivity index (χ0v) is 22.5. The maximum atomic E-state index is 6.26. The molecule has 0 radical (unpaired) electrons. The van der Waals surface area contributed by atoms with Crippen LogP contribution in [0.4, 0.5) is 0 Å². The number of hydrogen-bond donors (Lipinski definition) is 0. The van der Waals surface area contributed by atoms with E-state index < -0.39 is 26.7 Å². The van der Waals surface area contributed by atoms with Crippen molar-refractivity contribution >= 4 is 26.7 Å². The van der Waals surface area contributed by atoms with Crippen LogP contribution in [0.1, 0.15) is 85.5 Å². The molecule has 0 atom stereocenters. The minimum absolute atomic E-state index is 1.28. The van der Waals surface area contributed by atoms with Gasteiger partial charge in [-0.3, -0.25) is 0 Å². The summed E-state index contributed by atoms with van der Waals surface area (Å²) in [7, 11) is -1.46. The van der Waals surface area contributed by atoms with Crippen LogP contribution in [-0.2, 0) is 4.43 Å². The monoisotopic (exact) mass is 476 g/mol. The van der Waals surface area contributed by atoms with Gasteiger partial charge >= 0.3 is 166 Å². The predicted molar refractivity (Wildman–Crippen MR) is 122 cm³/mol. The van der Waals surface area contributed by atoms with Crippen LogP contribution in [0.2, 0.25) is 37.4 Å². The van der Waals surface area contributed by atoms with Crippen molar-refractivity contribution in [3.05, 3.63) is 11.8 Å². The molecule has 0 amide bonds. The van der Waals surface area contributed by atoms with Gasteiger partial charge in [0, 0.05) is 0 Å². The third-order valence-corrected chi connectivity index (χ3v) is 21.6. The Bertz CT molecular complexity index is 325. The van der Waals surface area contributed by atoms with Crippen LogP contribution in [-0.4, -0.2) is 26.7 Å². The normalized spacial score (nSPS) is 13.3. The fourth-order valence-electron chi connectivity index (χ4n) is 3.63. The van der Waals surface area contributed by atoms with E-state index in [9.17, 15) is 0 Å². The van der Waals surface area contributed by atoms with E-state index in [2.05, 4.69) is 53.6 Å². The second-order valence-corrected chi connectivity index (χ2v) is 27.4. The Morgan fingerprint density at radius 2 is 1.20 bits per heavy atom. The zero-order valence-electron chi connectivity index (χ0n) is 18.7. The fourth-order valence-corrected chi connectivity index (χ4v) is 20.7. The first-order chi connectivity index (χ1) is 11.8. The van der Waals surface area contributed by atoms with Gasteiger partial charge in [0.25, 0.3) is 0 Å². The molecule has 0 bridgehead atoms. The van der Waals surface area contributed by atoms with Crippen LogP contribution < -0.4 is 0 Å². The molecule has 0 unspecified atom stereocenters. The average Bonchev–Trinajstić information content (AvgIpc) is 2.57. The molecule has 0 aliphatic heterocycles. The van der Waals surface area contributed by atoms with Gasteiger partial charge in [0.2, 0.25) is 0 Å². The molecule has 0 rings (SSSR count). The van der Waals surface area contributed by atoms with E-state index in [1.807, 2.05) is 0 Å². The summed E-state index contributed by atoms with van der Waals surface area (Å²) in [6, 6.07) is 0. The summed E-state index contributed by atoms with van der Waals surface area (Å²) in [5.74, 6) is 0. The fraction of sp³-hybridized carbons (Fsp3) is 0.909. The van der Waals surface area contributed by atoms with Crippen molar-refractivity contribution in [2.45, 2.75) is 123 Å². The third kappa shape index (κ3) is 13.4. The summed E-state index contributed by atoms with van der Waals surface area (Å²) in [5.41, 5.74) is 1.68. The van der Waals surface area contributed by atoms with Crippen LogP contribution in [0.25, 0.3) is 0 Å². The van der Waals surface area contributed by atoms with Crippen molar-refractivity contribution in [3.8, 4) is 0 Å². The van der Waals surface area contributed by atoms with Gasteiger partial charge in [0.15, 0.2) is 0 Å². The van der Waals surface area contributed by atoms with E-state index in [4.69, 9.17) is 4.43 Å². The maximum absolute atomic E-state index is 6.26. The molecule has 1 nitrogen and oxygen atoms in total. The average molecular weight is 475 g/mol.